The second kappa shape index (κ2) is 8.35. The molecule has 0 saturated heterocycles. The van der Waals surface area contributed by atoms with Crippen molar-refractivity contribution >= 4 is 51.5 Å². The van der Waals surface area contributed by atoms with Gasteiger partial charge < -0.3 is 10.3 Å². The molecule has 146 valence electrons. The molecule has 2 aromatic carbocycles. The average molecular weight is 418 g/mol. The van der Waals surface area contributed by atoms with Crippen molar-refractivity contribution in [2.45, 2.75) is 19.9 Å². The van der Waals surface area contributed by atoms with Crippen LogP contribution in [-0.4, -0.2) is 41.2 Å². The normalized spacial score (nSPS) is 12.4. The quantitative estimate of drug-likeness (QED) is 0.559. The van der Waals surface area contributed by atoms with E-state index in [2.05, 4.69) is 10.3 Å². The van der Waals surface area contributed by atoms with Crippen LogP contribution in [0, 0.1) is 6.92 Å². The first-order valence-corrected chi connectivity index (χ1v) is 9.60. The Morgan fingerprint density at radius 2 is 1.75 bits per heavy atom. The van der Waals surface area contributed by atoms with Gasteiger partial charge in [0, 0.05) is 22.2 Å². The smallest absolute Gasteiger partial charge is 0.238 e. The second-order valence-electron chi connectivity index (χ2n) is 6.77. The third-order valence-corrected chi connectivity index (χ3v) is 5.43. The van der Waals surface area contributed by atoms with Gasteiger partial charge >= 0.3 is 0 Å². The topological polar surface area (TPSA) is 65.2 Å². The lowest BCUT2D eigenvalue weighted by molar-refractivity contribution is -0.117. The van der Waals surface area contributed by atoms with E-state index in [9.17, 15) is 9.59 Å². The molecule has 1 heterocycles. The first-order valence-electron chi connectivity index (χ1n) is 8.85. The van der Waals surface area contributed by atoms with Crippen LogP contribution >= 0.6 is 23.2 Å². The maximum Gasteiger partial charge on any atom is 0.238 e. The van der Waals surface area contributed by atoms with Crippen LogP contribution in [0.2, 0.25) is 10.0 Å². The lowest BCUT2D eigenvalue weighted by Crippen LogP contribution is -2.41. The van der Waals surface area contributed by atoms with E-state index < -0.39 is 6.04 Å². The van der Waals surface area contributed by atoms with E-state index in [-0.39, 0.29) is 18.2 Å². The Kier molecular flexibility index (Phi) is 6.08. The molecular formula is C21H21Cl2N3O2. The summed E-state index contributed by atoms with van der Waals surface area (Å²) in [6.07, 6.45) is 0. The maximum atomic E-state index is 13.1. The standard InChI is InChI=1S/C21H21Cl2N3O2/c1-12-19(14-7-4-5-10-17(14)24-12)21(28)13(2)26(3)11-18(27)25-20-15(22)8-6-9-16(20)23/h4-10,13,24H,11H2,1-3H3,(H,25,27)/t13-/m1/s1. The molecule has 0 unspecified atom stereocenters. The Balaban J connectivity index is 1.73. The number of aromatic nitrogens is 1. The highest BCUT2D eigenvalue weighted by molar-refractivity contribution is 6.39. The van der Waals surface area contributed by atoms with Crippen molar-refractivity contribution in [3.8, 4) is 0 Å². The predicted octanol–water partition coefficient (Wildman–Crippen LogP) is 4.92. The van der Waals surface area contributed by atoms with Gasteiger partial charge in [0.1, 0.15) is 0 Å². The molecule has 0 saturated carbocycles. The van der Waals surface area contributed by atoms with Crippen molar-refractivity contribution in [3.63, 3.8) is 0 Å². The van der Waals surface area contributed by atoms with Gasteiger partial charge in [0.05, 0.1) is 28.3 Å². The molecule has 28 heavy (non-hydrogen) atoms. The van der Waals surface area contributed by atoms with Crippen LogP contribution < -0.4 is 5.32 Å². The number of halogens is 2. The van der Waals surface area contributed by atoms with Crippen LogP contribution in [0.5, 0.6) is 0 Å². The molecule has 0 aliphatic rings. The molecule has 3 aromatic rings. The minimum absolute atomic E-state index is 0.0237. The fraction of sp³-hybridized carbons (Fsp3) is 0.238. The third-order valence-electron chi connectivity index (χ3n) is 4.80. The molecule has 1 amide bonds. The number of aromatic amines is 1. The molecule has 0 bridgehead atoms. The zero-order valence-electron chi connectivity index (χ0n) is 15.8. The van der Waals surface area contributed by atoms with Gasteiger partial charge in [-0.15, -0.1) is 0 Å². The number of Topliss-reactive ketones (excluding diaryl/α,β-unsaturated/α-hetero) is 1. The predicted molar refractivity (Wildman–Crippen MR) is 115 cm³/mol. The SMILES string of the molecule is Cc1[nH]c2ccccc2c1C(=O)[C@@H](C)N(C)CC(=O)Nc1c(Cl)cccc1Cl. The first kappa shape index (κ1) is 20.4. The number of rotatable bonds is 6. The molecule has 1 atom stereocenters. The molecule has 2 N–H and O–H groups in total. The van der Waals surface area contributed by atoms with E-state index in [4.69, 9.17) is 23.2 Å². The molecule has 5 nitrogen and oxygen atoms in total. The number of amides is 1. The van der Waals surface area contributed by atoms with E-state index in [1.54, 1.807) is 37.1 Å². The molecule has 7 heteroatoms. The van der Waals surface area contributed by atoms with Crippen LogP contribution in [0.25, 0.3) is 10.9 Å². The van der Waals surface area contributed by atoms with Gasteiger partial charge in [0.2, 0.25) is 5.91 Å². The summed E-state index contributed by atoms with van der Waals surface area (Å²) in [5, 5.41) is 4.33. The number of nitrogens with zero attached hydrogens (tertiary/aromatic N) is 1. The molecular weight excluding hydrogens is 397 g/mol. The van der Waals surface area contributed by atoms with Crippen LogP contribution in [0.3, 0.4) is 0 Å². The number of aryl methyl sites for hydroxylation is 1. The number of nitrogens with one attached hydrogen (secondary N) is 2. The van der Waals surface area contributed by atoms with Crippen LogP contribution in [-0.2, 0) is 4.79 Å². The summed E-state index contributed by atoms with van der Waals surface area (Å²) in [5.41, 5.74) is 2.77. The second-order valence-corrected chi connectivity index (χ2v) is 7.59. The fourth-order valence-corrected chi connectivity index (χ4v) is 3.65. The Hall–Kier alpha value is -2.34. The third kappa shape index (κ3) is 4.07. The lowest BCUT2D eigenvalue weighted by Gasteiger charge is -2.23. The summed E-state index contributed by atoms with van der Waals surface area (Å²) in [6.45, 7) is 3.70. The van der Waals surface area contributed by atoms with E-state index in [1.807, 2.05) is 31.2 Å². The van der Waals surface area contributed by atoms with Crippen molar-refractivity contribution in [1.82, 2.24) is 9.88 Å². The largest absolute Gasteiger partial charge is 0.358 e. The minimum atomic E-state index is -0.481. The number of carbonyl (C=O) groups is 2. The summed E-state index contributed by atoms with van der Waals surface area (Å²) in [5.74, 6) is -0.339. The van der Waals surface area contributed by atoms with Gasteiger partial charge in [-0.1, -0.05) is 47.5 Å². The minimum Gasteiger partial charge on any atom is -0.358 e. The fourth-order valence-electron chi connectivity index (χ4n) is 3.16. The number of carbonyl (C=O) groups excluding carboxylic acids is 2. The molecule has 0 spiro atoms. The number of likely N-dealkylation sites (N-methyl/N-ethyl adjacent to an activating group) is 1. The van der Waals surface area contributed by atoms with Crippen LogP contribution in [0.1, 0.15) is 23.0 Å². The summed E-state index contributed by atoms with van der Waals surface area (Å²) in [6, 6.07) is 12.2. The lowest BCUT2D eigenvalue weighted by atomic mass is 10.0. The summed E-state index contributed by atoms with van der Waals surface area (Å²) in [7, 11) is 1.74. The Labute approximate surface area is 173 Å². The summed E-state index contributed by atoms with van der Waals surface area (Å²) >= 11 is 12.2. The van der Waals surface area contributed by atoms with E-state index in [0.29, 0.717) is 21.3 Å². The number of ketones is 1. The Morgan fingerprint density at radius 1 is 1.11 bits per heavy atom. The molecule has 3 rings (SSSR count). The van der Waals surface area contributed by atoms with Crippen molar-refractivity contribution in [1.29, 1.82) is 0 Å². The van der Waals surface area contributed by atoms with Gasteiger partial charge in [-0.25, -0.2) is 0 Å². The van der Waals surface area contributed by atoms with E-state index in [1.165, 1.54) is 0 Å². The van der Waals surface area contributed by atoms with E-state index >= 15 is 0 Å². The van der Waals surface area contributed by atoms with Crippen molar-refractivity contribution < 1.29 is 9.59 Å². The van der Waals surface area contributed by atoms with Gasteiger partial charge in [0.15, 0.2) is 5.78 Å². The highest BCUT2D eigenvalue weighted by Crippen LogP contribution is 2.30. The number of H-pyrrole nitrogens is 1. The number of fused-ring (bicyclic) bond motifs is 1. The number of para-hydroxylation sites is 2. The molecule has 0 aliphatic carbocycles. The van der Waals surface area contributed by atoms with Crippen molar-refractivity contribution in [2.24, 2.45) is 0 Å². The number of anilines is 1. The first-order chi connectivity index (χ1) is 13.3. The summed E-state index contributed by atoms with van der Waals surface area (Å²) in [4.78, 5) is 30.5. The summed E-state index contributed by atoms with van der Waals surface area (Å²) < 4.78 is 0. The molecule has 0 aliphatic heterocycles. The monoisotopic (exact) mass is 417 g/mol. The average Bonchev–Trinajstić information content (AvgIpc) is 2.99. The number of hydrogen-bond acceptors (Lipinski definition) is 3. The molecule has 0 radical (unpaired) electrons. The Morgan fingerprint density at radius 3 is 2.43 bits per heavy atom. The van der Waals surface area contributed by atoms with Crippen LogP contribution in [0.4, 0.5) is 5.69 Å². The van der Waals surface area contributed by atoms with Gasteiger partial charge in [-0.05, 0) is 39.1 Å². The number of hydrogen-bond donors (Lipinski definition) is 2. The van der Waals surface area contributed by atoms with Gasteiger partial charge in [-0.3, -0.25) is 14.5 Å². The molecule has 0 fully saturated rings. The molecule has 1 aromatic heterocycles. The Bertz CT molecular complexity index is 1030. The number of benzene rings is 2. The van der Waals surface area contributed by atoms with E-state index in [0.717, 1.165) is 16.6 Å². The zero-order chi connectivity index (χ0) is 20.4. The highest BCUT2D eigenvalue weighted by Gasteiger charge is 2.25. The van der Waals surface area contributed by atoms with Crippen molar-refractivity contribution in [3.05, 3.63) is 63.8 Å². The van der Waals surface area contributed by atoms with Crippen molar-refractivity contribution in [2.75, 3.05) is 18.9 Å². The van der Waals surface area contributed by atoms with Crippen LogP contribution in [0.15, 0.2) is 42.5 Å². The van der Waals surface area contributed by atoms with Gasteiger partial charge in [-0.2, -0.15) is 0 Å². The van der Waals surface area contributed by atoms with Gasteiger partial charge in [0.25, 0.3) is 0 Å². The zero-order valence-corrected chi connectivity index (χ0v) is 17.4. The highest BCUT2D eigenvalue weighted by atomic mass is 35.5. The maximum absolute atomic E-state index is 13.1.